The van der Waals surface area contributed by atoms with E-state index in [1.54, 1.807) is 25.1 Å². The first-order valence-corrected chi connectivity index (χ1v) is 6.37. The predicted octanol–water partition coefficient (Wildman–Crippen LogP) is 1.81. The van der Waals surface area contributed by atoms with Crippen LogP contribution in [0.2, 0.25) is 0 Å². The standard InChI is InChI=1S/C12H13BrN2O5/c1-6-2-3-7(13)4-8(6)14-12(20)15-9(11(18)19)5-10(16)17/h2-4,9H,5H2,1H3,(H,16,17)(H,18,19)(H2,14,15,20)/t9-/m1/s1. The Hall–Kier alpha value is -2.09. The molecule has 1 rings (SSSR count). The third kappa shape index (κ3) is 4.88. The number of carbonyl (C=O) groups excluding carboxylic acids is 1. The van der Waals surface area contributed by atoms with Crippen molar-refractivity contribution in [1.82, 2.24) is 5.32 Å². The Morgan fingerprint density at radius 3 is 2.50 bits per heavy atom. The average Bonchev–Trinajstić information content (AvgIpc) is 2.32. The summed E-state index contributed by atoms with van der Waals surface area (Å²) in [6, 6.07) is 2.95. The van der Waals surface area contributed by atoms with E-state index in [1.807, 2.05) is 0 Å². The Kier molecular flexibility index (Phi) is 5.51. The molecule has 0 aliphatic heterocycles. The number of carboxylic acids is 2. The first-order valence-electron chi connectivity index (χ1n) is 5.58. The van der Waals surface area contributed by atoms with E-state index in [1.165, 1.54) is 0 Å². The maximum absolute atomic E-state index is 11.7. The number of aliphatic carboxylic acids is 2. The first-order chi connectivity index (χ1) is 9.29. The van der Waals surface area contributed by atoms with Gasteiger partial charge in [0.25, 0.3) is 0 Å². The molecular formula is C12H13BrN2O5. The molecular weight excluding hydrogens is 332 g/mol. The number of carboxylic acid groups (broad SMARTS) is 2. The van der Waals surface area contributed by atoms with Crippen LogP contribution in [-0.2, 0) is 9.59 Å². The van der Waals surface area contributed by atoms with Gasteiger partial charge in [-0.1, -0.05) is 22.0 Å². The molecule has 0 fully saturated rings. The summed E-state index contributed by atoms with van der Waals surface area (Å²) in [6.07, 6.45) is -0.694. The van der Waals surface area contributed by atoms with Crippen molar-refractivity contribution >= 4 is 39.6 Å². The molecule has 0 saturated carbocycles. The summed E-state index contributed by atoms with van der Waals surface area (Å²) in [5.74, 6) is -2.72. The smallest absolute Gasteiger partial charge is 0.326 e. The first kappa shape index (κ1) is 16.0. The fraction of sp³-hybridized carbons (Fsp3) is 0.250. The maximum atomic E-state index is 11.7. The van der Waals surface area contributed by atoms with Gasteiger partial charge in [0.05, 0.1) is 6.42 Å². The summed E-state index contributed by atoms with van der Waals surface area (Å²) in [4.78, 5) is 33.0. The van der Waals surface area contributed by atoms with Crippen LogP contribution in [0.1, 0.15) is 12.0 Å². The molecule has 0 aliphatic rings. The zero-order valence-corrected chi connectivity index (χ0v) is 12.1. The second-order valence-electron chi connectivity index (χ2n) is 4.05. The summed E-state index contributed by atoms with van der Waals surface area (Å²) >= 11 is 3.25. The highest BCUT2D eigenvalue weighted by molar-refractivity contribution is 9.10. The summed E-state index contributed by atoms with van der Waals surface area (Å²) in [5.41, 5.74) is 1.28. The minimum Gasteiger partial charge on any atom is -0.481 e. The van der Waals surface area contributed by atoms with Crippen LogP contribution in [0.5, 0.6) is 0 Å². The van der Waals surface area contributed by atoms with Crippen molar-refractivity contribution in [3.05, 3.63) is 28.2 Å². The van der Waals surface area contributed by atoms with Crippen molar-refractivity contribution in [1.29, 1.82) is 0 Å². The van der Waals surface area contributed by atoms with Gasteiger partial charge >= 0.3 is 18.0 Å². The van der Waals surface area contributed by atoms with Crippen molar-refractivity contribution in [2.75, 3.05) is 5.32 Å². The SMILES string of the molecule is Cc1ccc(Br)cc1NC(=O)N[C@H](CC(=O)O)C(=O)O. The molecule has 8 heteroatoms. The van der Waals surface area contributed by atoms with E-state index in [4.69, 9.17) is 10.2 Å². The monoisotopic (exact) mass is 344 g/mol. The van der Waals surface area contributed by atoms with E-state index in [0.29, 0.717) is 5.69 Å². The molecule has 1 aromatic carbocycles. The van der Waals surface area contributed by atoms with Gasteiger partial charge in [-0.05, 0) is 24.6 Å². The number of carbonyl (C=O) groups is 3. The van der Waals surface area contributed by atoms with Crippen LogP contribution in [0.25, 0.3) is 0 Å². The molecule has 20 heavy (non-hydrogen) atoms. The van der Waals surface area contributed by atoms with Crippen LogP contribution >= 0.6 is 15.9 Å². The lowest BCUT2D eigenvalue weighted by Gasteiger charge is -2.14. The zero-order chi connectivity index (χ0) is 15.3. The minimum absolute atomic E-state index is 0.497. The molecule has 0 unspecified atom stereocenters. The van der Waals surface area contributed by atoms with Crippen molar-refractivity contribution in [2.45, 2.75) is 19.4 Å². The fourth-order valence-electron chi connectivity index (χ4n) is 1.42. The van der Waals surface area contributed by atoms with Gasteiger partial charge in [0.1, 0.15) is 6.04 Å². The number of urea groups is 1. The van der Waals surface area contributed by atoms with E-state index >= 15 is 0 Å². The normalized spacial score (nSPS) is 11.5. The van der Waals surface area contributed by atoms with Crippen molar-refractivity contribution in [3.63, 3.8) is 0 Å². The molecule has 1 aromatic rings. The number of halogens is 1. The number of hydrogen-bond acceptors (Lipinski definition) is 3. The van der Waals surface area contributed by atoms with Gasteiger partial charge < -0.3 is 20.8 Å². The van der Waals surface area contributed by atoms with E-state index in [-0.39, 0.29) is 0 Å². The second-order valence-corrected chi connectivity index (χ2v) is 4.96. The Morgan fingerprint density at radius 2 is 1.95 bits per heavy atom. The maximum Gasteiger partial charge on any atom is 0.326 e. The van der Waals surface area contributed by atoms with Gasteiger partial charge in [-0.3, -0.25) is 4.79 Å². The molecule has 0 aromatic heterocycles. The lowest BCUT2D eigenvalue weighted by atomic mass is 10.2. The molecule has 0 bridgehead atoms. The van der Waals surface area contributed by atoms with Gasteiger partial charge in [0.2, 0.25) is 0 Å². The molecule has 7 nitrogen and oxygen atoms in total. The van der Waals surface area contributed by atoms with Crippen molar-refractivity contribution < 1.29 is 24.6 Å². The number of benzene rings is 1. The Balaban J connectivity index is 2.72. The van der Waals surface area contributed by atoms with E-state index in [2.05, 4.69) is 26.6 Å². The molecule has 2 amide bonds. The highest BCUT2D eigenvalue weighted by atomic mass is 79.9. The molecule has 4 N–H and O–H groups in total. The Bertz CT molecular complexity index is 547. The van der Waals surface area contributed by atoms with Crippen LogP contribution in [0.15, 0.2) is 22.7 Å². The van der Waals surface area contributed by atoms with Gasteiger partial charge in [-0.15, -0.1) is 0 Å². The molecule has 0 heterocycles. The highest BCUT2D eigenvalue weighted by Crippen LogP contribution is 2.20. The molecule has 0 aliphatic carbocycles. The summed E-state index contributed by atoms with van der Waals surface area (Å²) in [6.45, 7) is 1.77. The number of anilines is 1. The van der Waals surface area contributed by atoms with Crippen LogP contribution in [-0.4, -0.2) is 34.2 Å². The minimum atomic E-state index is -1.49. The number of rotatable bonds is 5. The van der Waals surface area contributed by atoms with Crippen LogP contribution in [0.4, 0.5) is 10.5 Å². The Labute approximate surface area is 123 Å². The van der Waals surface area contributed by atoms with E-state index in [0.717, 1.165) is 10.0 Å². The molecule has 0 radical (unpaired) electrons. The fourth-order valence-corrected chi connectivity index (χ4v) is 1.78. The van der Waals surface area contributed by atoms with Crippen molar-refractivity contribution in [2.24, 2.45) is 0 Å². The number of aryl methyl sites for hydroxylation is 1. The second kappa shape index (κ2) is 6.90. The predicted molar refractivity (Wildman–Crippen MR) is 74.7 cm³/mol. The largest absolute Gasteiger partial charge is 0.481 e. The summed E-state index contributed by atoms with van der Waals surface area (Å²) in [5, 5.41) is 22.0. The van der Waals surface area contributed by atoms with Crippen LogP contribution < -0.4 is 10.6 Å². The lowest BCUT2D eigenvalue weighted by Crippen LogP contribution is -2.44. The quantitative estimate of drug-likeness (QED) is 0.650. The zero-order valence-electron chi connectivity index (χ0n) is 10.5. The van der Waals surface area contributed by atoms with Crippen molar-refractivity contribution in [3.8, 4) is 0 Å². The van der Waals surface area contributed by atoms with Gasteiger partial charge in [-0.25, -0.2) is 9.59 Å². The number of hydrogen-bond donors (Lipinski definition) is 4. The van der Waals surface area contributed by atoms with Crippen LogP contribution in [0, 0.1) is 6.92 Å². The molecule has 0 spiro atoms. The topological polar surface area (TPSA) is 116 Å². The molecule has 0 saturated heterocycles. The number of nitrogens with one attached hydrogen (secondary N) is 2. The third-order valence-electron chi connectivity index (χ3n) is 2.43. The van der Waals surface area contributed by atoms with E-state index in [9.17, 15) is 14.4 Å². The lowest BCUT2D eigenvalue weighted by molar-refractivity contribution is -0.145. The summed E-state index contributed by atoms with van der Waals surface area (Å²) in [7, 11) is 0. The van der Waals surface area contributed by atoms with Gasteiger partial charge in [0, 0.05) is 10.2 Å². The van der Waals surface area contributed by atoms with Crippen LogP contribution in [0.3, 0.4) is 0 Å². The summed E-state index contributed by atoms with van der Waals surface area (Å²) < 4.78 is 0.749. The van der Waals surface area contributed by atoms with Gasteiger partial charge in [-0.2, -0.15) is 0 Å². The van der Waals surface area contributed by atoms with E-state index < -0.39 is 30.4 Å². The Morgan fingerprint density at radius 1 is 1.30 bits per heavy atom. The molecule has 1 atom stereocenters. The van der Waals surface area contributed by atoms with Gasteiger partial charge in [0.15, 0.2) is 0 Å². The highest BCUT2D eigenvalue weighted by Gasteiger charge is 2.23. The average molecular weight is 345 g/mol. The third-order valence-corrected chi connectivity index (χ3v) is 2.92. The molecule has 108 valence electrons. The number of amides is 2.